The predicted octanol–water partition coefficient (Wildman–Crippen LogP) is 14.0. The van der Waals surface area contributed by atoms with Crippen LogP contribution in [-0.2, 0) is 5.41 Å². The molecule has 54 heavy (non-hydrogen) atoms. The van der Waals surface area contributed by atoms with Crippen LogP contribution < -0.4 is 0 Å². The first-order valence-corrected chi connectivity index (χ1v) is 18.8. The van der Waals surface area contributed by atoms with Crippen molar-refractivity contribution in [1.82, 2.24) is 9.13 Å². The fourth-order valence-corrected chi connectivity index (χ4v) is 9.05. The van der Waals surface area contributed by atoms with Crippen LogP contribution in [0.25, 0.3) is 82.8 Å². The Morgan fingerprint density at radius 1 is 0.519 bits per heavy atom. The maximum atomic E-state index is 3.97. The van der Waals surface area contributed by atoms with Gasteiger partial charge in [0.25, 0.3) is 0 Å². The number of fused-ring (bicyclic) bond motifs is 9. The third-order valence-corrected chi connectivity index (χ3v) is 11.6. The van der Waals surface area contributed by atoms with E-state index in [-0.39, 0.29) is 5.41 Å². The van der Waals surface area contributed by atoms with E-state index >= 15 is 0 Å². The van der Waals surface area contributed by atoms with Gasteiger partial charge in [-0.3, -0.25) is 0 Å². The summed E-state index contributed by atoms with van der Waals surface area (Å²) in [7, 11) is 0. The van der Waals surface area contributed by atoms with Crippen molar-refractivity contribution in [2.75, 3.05) is 0 Å². The first kappa shape index (κ1) is 32.0. The van der Waals surface area contributed by atoms with E-state index in [0.717, 1.165) is 11.3 Å². The molecular weight excluding hydrogens is 653 g/mol. The van der Waals surface area contributed by atoms with Crippen LogP contribution in [0, 0.1) is 0 Å². The molecule has 1 aliphatic carbocycles. The van der Waals surface area contributed by atoms with Gasteiger partial charge in [-0.15, -0.1) is 0 Å². The Morgan fingerprint density at radius 2 is 1.06 bits per heavy atom. The minimum absolute atomic E-state index is 0.213. The summed E-state index contributed by atoms with van der Waals surface area (Å²) in [5.74, 6) is 0. The second-order valence-electron chi connectivity index (χ2n) is 15.0. The average Bonchev–Trinajstić information content (AvgIpc) is 3.79. The molecule has 1 aliphatic rings. The monoisotopic (exact) mass is 692 g/mol. The van der Waals surface area contributed by atoms with E-state index in [1.54, 1.807) is 0 Å². The molecule has 9 aromatic rings. The summed E-state index contributed by atoms with van der Waals surface area (Å²) in [6.45, 7) is 10.8. The van der Waals surface area contributed by atoms with Crippen molar-refractivity contribution in [3.63, 3.8) is 0 Å². The topological polar surface area (TPSA) is 9.86 Å². The molecule has 0 saturated heterocycles. The van der Waals surface area contributed by atoms with Crippen molar-refractivity contribution >= 4 is 49.2 Å². The van der Waals surface area contributed by atoms with Crippen LogP contribution in [0.1, 0.15) is 37.5 Å². The highest BCUT2D eigenvalue weighted by Gasteiger charge is 2.37. The normalized spacial score (nSPS) is 13.7. The van der Waals surface area contributed by atoms with Gasteiger partial charge >= 0.3 is 0 Å². The molecule has 0 saturated carbocycles. The van der Waals surface area contributed by atoms with Gasteiger partial charge in [-0.2, -0.15) is 0 Å². The number of allylic oxidation sites excluding steroid dienone is 5. The van der Waals surface area contributed by atoms with E-state index in [0.29, 0.717) is 0 Å². The largest absolute Gasteiger partial charge is 0.309 e. The molecule has 7 aromatic carbocycles. The molecule has 0 radical (unpaired) electrons. The maximum absolute atomic E-state index is 3.97. The molecule has 0 amide bonds. The fraction of sp³-hybridized carbons (Fsp3) is 0.0769. The quantitative estimate of drug-likeness (QED) is 0.154. The molecule has 0 fully saturated rings. The van der Waals surface area contributed by atoms with E-state index in [1.807, 2.05) is 6.08 Å². The molecule has 2 aromatic heterocycles. The van der Waals surface area contributed by atoms with Crippen LogP contribution >= 0.6 is 0 Å². The van der Waals surface area contributed by atoms with E-state index in [4.69, 9.17) is 0 Å². The number of benzene rings is 7. The van der Waals surface area contributed by atoms with Gasteiger partial charge in [0.05, 0.1) is 22.1 Å². The number of hydrogen-bond donors (Lipinski definition) is 0. The van der Waals surface area contributed by atoms with Gasteiger partial charge in [-0.25, -0.2) is 0 Å². The zero-order chi connectivity index (χ0) is 36.6. The number of para-hydroxylation sites is 2. The van der Waals surface area contributed by atoms with Crippen molar-refractivity contribution in [3.8, 4) is 33.6 Å². The molecular formula is C52H40N2. The zero-order valence-electron chi connectivity index (χ0n) is 30.8. The lowest BCUT2D eigenvalue weighted by molar-refractivity contribution is 0.661. The summed E-state index contributed by atoms with van der Waals surface area (Å²) in [6, 6.07) is 56.1. The Kier molecular flexibility index (Phi) is 7.25. The molecule has 0 spiro atoms. The molecule has 0 unspecified atom stereocenters. The van der Waals surface area contributed by atoms with Crippen molar-refractivity contribution in [3.05, 3.63) is 199 Å². The molecule has 0 bridgehead atoms. The number of aromatic nitrogens is 2. The number of nitrogens with zero attached hydrogens (tertiary/aromatic N) is 2. The van der Waals surface area contributed by atoms with Gasteiger partial charge < -0.3 is 9.13 Å². The first-order valence-electron chi connectivity index (χ1n) is 18.8. The van der Waals surface area contributed by atoms with Crippen molar-refractivity contribution < 1.29 is 0 Å². The summed E-state index contributed by atoms with van der Waals surface area (Å²) in [6.07, 6.45) is 8.17. The highest BCUT2D eigenvalue weighted by Crippen LogP contribution is 2.53. The van der Waals surface area contributed by atoms with Crippen molar-refractivity contribution in [1.29, 1.82) is 0 Å². The maximum Gasteiger partial charge on any atom is 0.0544 e. The molecule has 2 heteroatoms. The highest BCUT2D eigenvalue weighted by atomic mass is 15.0. The van der Waals surface area contributed by atoms with Crippen LogP contribution in [0.5, 0.6) is 0 Å². The Morgan fingerprint density at radius 3 is 1.65 bits per heavy atom. The second-order valence-corrected chi connectivity index (χ2v) is 15.0. The van der Waals surface area contributed by atoms with Crippen molar-refractivity contribution in [2.45, 2.75) is 26.2 Å². The SMILES string of the molecule is C=C/C=C(\C=C/C)c1cccc(-n2c3ccccc3c3cc4c(cc32)C(C)(C)c2cc3c(cc2-4)c2ccccc2n3-c2cccc(-c3ccccc3)c2)c1. The molecule has 258 valence electrons. The molecule has 10 rings (SSSR count). The van der Waals surface area contributed by atoms with Crippen LogP contribution in [0.4, 0.5) is 0 Å². The number of hydrogen-bond acceptors (Lipinski definition) is 0. The number of rotatable bonds is 6. The standard InChI is InChI=1S/C52H40N2/c1-5-16-34(17-6-2)36-20-14-22-38(28-36)53-48-26-12-10-24-40(48)44-30-42-43-31-45-41-25-11-13-27-49(41)54(39-23-15-21-37(29-39)35-18-8-7-9-19-35)51(45)33-47(43)52(3,4)46(42)32-50(44)53/h5-33H,1H2,2-4H3/b17-6-,34-16+. The van der Waals surface area contributed by atoms with E-state index in [9.17, 15) is 0 Å². The molecule has 0 atom stereocenters. The Balaban J connectivity index is 1.20. The lowest BCUT2D eigenvalue weighted by Crippen LogP contribution is -2.15. The lowest BCUT2D eigenvalue weighted by atomic mass is 9.82. The van der Waals surface area contributed by atoms with Gasteiger partial charge in [-0.05, 0) is 112 Å². The summed E-state index contributed by atoms with van der Waals surface area (Å²) >= 11 is 0. The molecule has 2 nitrogen and oxygen atoms in total. The van der Waals surface area contributed by atoms with E-state index in [1.165, 1.54) is 88.2 Å². The summed E-state index contributed by atoms with van der Waals surface area (Å²) in [5, 5.41) is 5.08. The smallest absolute Gasteiger partial charge is 0.0544 e. The van der Waals surface area contributed by atoms with E-state index in [2.05, 4.69) is 206 Å². The summed E-state index contributed by atoms with van der Waals surface area (Å²) in [4.78, 5) is 0. The van der Waals surface area contributed by atoms with Gasteiger partial charge in [0, 0.05) is 38.3 Å². The van der Waals surface area contributed by atoms with Crippen LogP contribution in [0.3, 0.4) is 0 Å². The summed E-state index contributed by atoms with van der Waals surface area (Å²) in [5.41, 5.74) is 17.1. The minimum Gasteiger partial charge on any atom is -0.309 e. The first-order chi connectivity index (χ1) is 26.5. The third kappa shape index (κ3) is 4.73. The molecule has 0 N–H and O–H groups in total. The van der Waals surface area contributed by atoms with E-state index < -0.39 is 0 Å². The van der Waals surface area contributed by atoms with Crippen LogP contribution in [-0.4, -0.2) is 9.13 Å². The Labute approximate surface area is 316 Å². The Bertz CT molecular complexity index is 3030. The fourth-order valence-electron chi connectivity index (χ4n) is 9.05. The van der Waals surface area contributed by atoms with Crippen LogP contribution in [0.15, 0.2) is 183 Å². The van der Waals surface area contributed by atoms with Gasteiger partial charge in [0.2, 0.25) is 0 Å². The predicted molar refractivity (Wildman–Crippen MR) is 231 cm³/mol. The third-order valence-electron chi connectivity index (χ3n) is 11.6. The second kappa shape index (κ2) is 12.2. The van der Waals surface area contributed by atoms with Gasteiger partial charge in [-0.1, -0.05) is 136 Å². The Hall–Kier alpha value is -6.64. The molecule has 2 heterocycles. The summed E-state index contributed by atoms with van der Waals surface area (Å²) < 4.78 is 4.91. The highest BCUT2D eigenvalue weighted by molar-refractivity contribution is 6.14. The minimum atomic E-state index is -0.213. The lowest BCUT2D eigenvalue weighted by Gasteiger charge is -2.22. The van der Waals surface area contributed by atoms with Gasteiger partial charge in [0.15, 0.2) is 0 Å². The molecule has 0 aliphatic heterocycles. The zero-order valence-corrected chi connectivity index (χ0v) is 30.8. The van der Waals surface area contributed by atoms with Crippen LogP contribution in [0.2, 0.25) is 0 Å². The average molecular weight is 693 g/mol. The van der Waals surface area contributed by atoms with Crippen molar-refractivity contribution in [2.24, 2.45) is 0 Å². The van der Waals surface area contributed by atoms with Gasteiger partial charge in [0.1, 0.15) is 0 Å².